The summed E-state index contributed by atoms with van der Waals surface area (Å²) in [6, 6.07) is 6.77. The number of anilines is 1. The molecule has 0 saturated carbocycles. The third-order valence-electron chi connectivity index (χ3n) is 2.90. The second-order valence-electron chi connectivity index (χ2n) is 3.98. The van der Waals surface area contributed by atoms with Gasteiger partial charge in [-0.1, -0.05) is 6.07 Å². The highest BCUT2D eigenvalue weighted by Gasteiger charge is 2.26. The highest BCUT2D eigenvalue weighted by atomic mass is 32.2. The molecule has 0 bridgehead atoms. The Morgan fingerprint density at radius 3 is 2.80 bits per heavy atom. The van der Waals surface area contributed by atoms with E-state index in [1.54, 1.807) is 11.8 Å². The van der Waals surface area contributed by atoms with E-state index < -0.39 is 0 Å². The van der Waals surface area contributed by atoms with Gasteiger partial charge in [-0.3, -0.25) is 0 Å². The van der Waals surface area contributed by atoms with Crippen molar-refractivity contribution in [1.82, 2.24) is 0 Å². The van der Waals surface area contributed by atoms with Gasteiger partial charge >= 0.3 is 0 Å². The molecule has 0 aromatic heterocycles. The van der Waals surface area contributed by atoms with E-state index in [4.69, 9.17) is 5.26 Å². The molecule has 2 atom stereocenters. The van der Waals surface area contributed by atoms with Crippen LogP contribution in [0.1, 0.15) is 18.1 Å². The van der Waals surface area contributed by atoms with E-state index in [9.17, 15) is 0 Å². The van der Waals surface area contributed by atoms with Gasteiger partial charge in [0.25, 0.3) is 0 Å². The van der Waals surface area contributed by atoms with Gasteiger partial charge in [0, 0.05) is 10.9 Å². The Labute approximate surface area is 94.7 Å². The average Bonchev–Trinajstić information content (AvgIpc) is 2.24. The molecule has 1 aromatic carbocycles. The minimum atomic E-state index is 0.0135. The highest BCUT2D eigenvalue weighted by molar-refractivity contribution is 8.00. The number of nitriles is 1. The molecule has 1 aromatic rings. The SMILES string of the molecule is Cc1ccc2c(c1C)NC(C)C(C#N)S2. The fourth-order valence-corrected chi connectivity index (χ4v) is 2.82. The summed E-state index contributed by atoms with van der Waals surface area (Å²) in [6.45, 7) is 6.30. The second-order valence-corrected chi connectivity index (χ2v) is 5.16. The Hall–Kier alpha value is -1.14. The van der Waals surface area contributed by atoms with Gasteiger partial charge < -0.3 is 5.32 Å². The van der Waals surface area contributed by atoms with Crippen molar-refractivity contribution in [2.75, 3.05) is 5.32 Å². The first-order valence-electron chi connectivity index (χ1n) is 5.06. The van der Waals surface area contributed by atoms with Crippen molar-refractivity contribution >= 4 is 17.4 Å². The van der Waals surface area contributed by atoms with Gasteiger partial charge in [0.15, 0.2) is 0 Å². The van der Waals surface area contributed by atoms with Crippen molar-refractivity contribution in [3.8, 4) is 6.07 Å². The zero-order chi connectivity index (χ0) is 11.0. The van der Waals surface area contributed by atoms with Crippen molar-refractivity contribution in [1.29, 1.82) is 5.26 Å². The number of nitrogens with zero attached hydrogens (tertiary/aromatic N) is 1. The molecular weight excluding hydrogens is 204 g/mol. The molecule has 1 heterocycles. The Morgan fingerprint density at radius 2 is 2.13 bits per heavy atom. The lowest BCUT2D eigenvalue weighted by Gasteiger charge is -2.29. The number of hydrogen-bond donors (Lipinski definition) is 1. The van der Waals surface area contributed by atoms with E-state index in [0.717, 1.165) is 0 Å². The molecule has 0 radical (unpaired) electrons. The van der Waals surface area contributed by atoms with Crippen LogP contribution < -0.4 is 5.32 Å². The van der Waals surface area contributed by atoms with Gasteiger partial charge in [0.1, 0.15) is 5.25 Å². The Morgan fingerprint density at radius 1 is 1.40 bits per heavy atom. The lowest BCUT2D eigenvalue weighted by atomic mass is 10.1. The summed E-state index contributed by atoms with van der Waals surface area (Å²) in [6.07, 6.45) is 0. The fourth-order valence-electron chi connectivity index (χ4n) is 1.75. The number of aryl methyl sites for hydroxylation is 1. The zero-order valence-electron chi connectivity index (χ0n) is 9.16. The molecule has 0 spiro atoms. The Bertz CT molecular complexity index is 434. The van der Waals surface area contributed by atoms with Gasteiger partial charge in [-0.25, -0.2) is 0 Å². The number of thioether (sulfide) groups is 1. The van der Waals surface area contributed by atoms with E-state index in [0.29, 0.717) is 0 Å². The summed E-state index contributed by atoms with van der Waals surface area (Å²) >= 11 is 1.66. The lowest BCUT2D eigenvalue weighted by Crippen LogP contribution is -2.31. The molecule has 78 valence electrons. The van der Waals surface area contributed by atoms with Crippen molar-refractivity contribution in [3.63, 3.8) is 0 Å². The molecule has 2 unspecified atom stereocenters. The van der Waals surface area contributed by atoms with Crippen molar-refractivity contribution in [3.05, 3.63) is 23.3 Å². The van der Waals surface area contributed by atoms with Crippen LogP contribution in [0, 0.1) is 25.2 Å². The molecule has 2 rings (SSSR count). The predicted molar refractivity (Wildman–Crippen MR) is 64.3 cm³/mol. The fraction of sp³-hybridized carbons (Fsp3) is 0.417. The van der Waals surface area contributed by atoms with Crippen LogP contribution in [0.25, 0.3) is 0 Å². The maximum Gasteiger partial charge on any atom is 0.116 e. The summed E-state index contributed by atoms with van der Waals surface area (Å²) in [7, 11) is 0. The number of nitrogens with one attached hydrogen (secondary N) is 1. The normalized spacial score (nSPS) is 23.9. The molecule has 0 fully saturated rings. The van der Waals surface area contributed by atoms with Crippen LogP contribution in [0.2, 0.25) is 0 Å². The van der Waals surface area contributed by atoms with Gasteiger partial charge in [0.2, 0.25) is 0 Å². The summed E-state index contributed by atoms with van der Waals surface area (Å²) in [5, 5.41) is 12.4. The van der Waals surface area contributed by atoms with Gasteiger partial charge in [-0.05, 0) is 38.0 Å². The number of fused-ring (bicyclic) bond motifs is 1. The Balaban J connectivity index is 2.46. The zero-order valence-corrected chi connectivity index (χ0v) is 9.98. The molecular formula is C12H14N2S. The highest BCUT2D eigenvalue weighted by Crippen LogP contribution is 2.40. The molecule has 2 nitrogen and oxygen atoms in total. The third kappa shape index (κ3) is 1.70. The molecule has 1 aliphatic rings. The van der Waals surface area contributed by atoms with E-state index in [2.05, 4.69) is 44.3 Å². The minimum Gasteiger partial charge on any atom is -0.379 e. The quantitative estimate of drug-likeness (QED) is 0.727. The Kier molecular flexibility index (Phi) is 2.62. The largest absolute Gasteiger partial charge is 0.379 e. The summed E-state index contributed by atoms with van der Waals surface area (Å²) in [5.41, 5.74) is 3.80. The molecule has 1 aliphatic heterocycles. The molecule has 15 heavy (non-hydrogen) atoms. The van der Waals surface area contributed by atoms with Crippen molar-refractivity contribution in [2.24, 2.45) is 0 Å². The van der Waals surface area contributed by atoms with Crippen LogP contribution in [0.4, 0.5) is 5.69 Å². The van der Waals surface area contributed by atoms with E-state index in [1.807, 2.05) is 0 Å². The smallest absolute Gasteiger partial charge is 0.116 e. The van der Waals surface area contributed by atoms with Crippen LogP contribution in [0.3, 0.4) is 0 Å². The topological polar surface area (TPSA) is 35.8 Å². The summed E-state index contributed by atoms with van der Waals surface area (Å²) in [4.78, 5) is 1.20. The van der Waals surface area contributed by atoms with Crippen molar-refractivity contribution < 1.29 is 0 Å². The van der Waals surface area contributed by atoms with Crippen LogP contribution in [-0.2, 0) is 0 Å². The first-order valence-corrected chi connectivity index (χ1v) is 5.94. The third-order valence-corrected chi connectivity index (χ3v) is 4.27. The van der Waals surface area contributed by atoms with Crippen LogP contribution >= 0.6 is 11.8 Å². The molecule has 0 saturated heterocycles. The summed E-state index contributed by atoms with van der Waals surface area (Å²) < 4.78 is 0. The predicted octanol–water partition coefficient (Wildman–Crippen LogP) is 3.10. The minimum absolute atomic E-state index is 0.0135. The molecule has 0 amide bonds. The van der Waals surface area contributed by atoms with Crippen LogP contribution in [0.15, 0.2) is 17.0 Å². The standard InChI is InChI=1S/C12H14N2S/c1-7-4-5-10-12(8(7)2)14-9(3)11(6-13)15-10/h4-5,9,11,14H,1-3H3. The number of hydrogen-bond acceptors (Lipinski definition) is 3. The summed E-state index contributed by atoms with van der Waals surface area (Å²) in [5.74, 6) is 0. The maximum absolute atomic E-state index is 9.00. The first-order chi connectivity index (χ1) is 7.13. The molecule has 1 N–H and O–H groups in total. The van der Waals surface area contributed by atoms with Gasteiger partial charge in [0.05, 0.1) is 11.8 Å². The van der Waals surface area contributed by atoms with Gasteiger partial charge in [-0.15, -0.1) is 11.8 Å². The van der Waals surface area contributed by atoms with E-state index in [-0.39, 0.29) is 11.3 Å². The first kappa shape index (κ1) is 10.4. The number of rotatable bonds is 0. The van der Waals surface area contributed by atoms with Crippen molar-refractivity contribution in [2.45, 2.75) is 37.0 Å². The average molecular weight is 218 g/mol. The molecule has 0 aliphatic carbocycles. The monoisotopic (exact) mass is 218 g/mol. The molecule has 3 heteroatoms. The van der Waals surface area contributed by atoms with Crippen LogP contribution in [-0.4, -0.2) is 11.3 Å². The van der Waals surface area contributed by atoms with Crippen LogP contribution in [0.5, 0.6) is 0 Å². The lowest BCUT2D eigenvalue weighted by molar-refractivity contribution is 0.816. The van der Waals surface area contributed by atoms with E-state index >= 15 is 0 Å². The maximum atomic E-state index is 9.00. The van der Waals surface area contributed by atoms with E-state index in [1.165, 1.54) is 21.7 Å². The number of benzene rings is 1. The second kappa shape index (κ2) is 3.79. The van der Waals surface area contributed by atoms with Gasteiger partial charge in [-0.2, -0.15) is 5.26 Å².